The molecular weight excluding hydrogens is 404 g/mol. The second-order valence-corrected chi connectivity index (χ2v) is 8.99. The van der Waals surface area contributed by atoms with Crippen LogP contribution >= 0.6 is 0 Å². The van der Waals surface area contributed by atoms with E-state index in [1.165, 1.54) is 6.92 Å². The van der Waals surface area contributed by atoms with Gasteiger partial charge in [-0.05, 0) is 49.2 Å². The van der Waals surface area contributed by atoms with E-state index in [1.54, 1.807) is 48.5 Å². The summed E-state index contributed by atoms with van der Waals surface area (Å²) in [6.45, 7) is 2.49. The molecule has 2 N–H and O–H groups in total. The lowest BCUT2D eigenvalue weighted by Crippen LogP contribution is -2.43. The van der Waals surface area contributed by atoms with Crippen molar-refractivity contribution in [1.82, 2.24) is 4.90 Å². The predicted molar refractivity (Wildman–Crippen MR) is 114 cm³/mol. The van der Waals surface area contributed by atoms with Crippen molar-refractivity contribution in [2.75, 3.05) is 23.7 Å². The van der Waals surface area contributed by atoms with Crippen molar-refractivity contribution in [1.29, 1.82) is 0 Å². The van der Waals surface area contributed by atoms with Crippen molar-refractivity contribution in [3.8, 4) is 0 Å². The first-order valence-corrected chi connectivity index (χ1v) is 11.2. The van der Waals surface area contributed by atoms with Crippen LogP contribution in [-0.2, 0) is 19.6 Å². The number of nitrogens with zero attached hydrogens (tertiary/aromatic N) is 2. The van der Waals surface area contributed by atoms with Crippen molar-refractivity contribution in [3.63, 3.8) is 0 Å². The summed E-state index contributed by atoms with van der Waals surface area (Å²) in [4.78, 5) is 26.0. The normalized spacial score (nSPS) is 19.6. The van der Waals surface area contributed by atoms with Crippen molar-refractivity contribution in [3.05, 3.63) is 54.1 Å². The molecule has 1 fully saturated rings. The van der Waals surface area contributed by atoms with Crippen molar-refractivity contribution < 1.29 is 18.0 Å². The van der Waals surface area contributed by atoms with E-state index in [2.05, 4.69) is 15.0 Å². The van der Waals surface area contributed by atoms with Gasteiger partial charge in [-0.25, -0.2) is 0 Å². The highest BCUT2D eigenvalue weighted by Crippen LogP contribution is 2.30. The van der Waals surface area contributed by atoms with E-state index in [4.69, 9.17) is 0 Å². The Morgan fingerprint density at radius 1 is 1.03 bits per heavy atom. The molecule has 0 saturated carbocycles. The molecule has 1 unspecified atom stereocenters. The zero-order valence-electron chi connectivity index (χ0n) is 16.5. The molecule has 0 aromatic heterocycles. The van der Waals surface area contributed by atoms with Crippen LogP contribution in [0.4, 0.5) is 11.4 Å². The smallest absolute Gasteiger partial charge is 0.285 e. The number of carbonyl (C=O) groups is 2. The summed E-state index contributed by atoms with van der Waals surface area (Å²) >= 11 is 0. The number of sulfonamides is 1. The minimum absolute atomic E-state index is 0.123. The third kappa shape index (κ3) is 4.06. The Hall–Kier alpha value is -3.20. The second kappa shape index (κ2) is 7.91. The molecular formula is C21H22N4O4S. The first kappa shape index (κ1) is 20.1. The van der Waals surface area contributed by atoms with E-state index in [1.807, 2.05) is 4.90 Å². The van der Waals surface area contributed by atoms with E-state index in [-0.39, 0.29) is 22.6 Å². The van der Waals surface area contributed by atoms with Crippen LogP contribution in [-0.4, -0.2) is 44.1 Å². The Morgan fingerprint density at radius 2 is 1.70 bits per heavy atom. The van der Waals surface area contributed by atoms with E-state index in [9.17, 15) is 18.0 Å². The number of nitrogens with one attached hydrogen (secondary N) is 2. The van der Waals surface area contributed by atoms with Crippen molar-refractivity contribution >= 4 is 39.0 Å². The molecule has 4 rings (SSSR count). The molecule has 2 aromatic rings. The number of benzene rings is 2. The lowest BCUT2D eigenvalue weighted by Gasteiger charge is -2.33. The van der Waals surface area contributed by atoms with E-state index in [0.29, 0.717) is 42.3 Å². The van der Waals surface area contributed by atoms with Gasteiger partial charge in [-0.1, -0.05) is 12.1 Å². The number of hydrogen-bond donors (Lipinski definition) is 2. The average Bonchev–Trinajstić information content (AvgIpc) is 3.00. The van der Waals surface area contributed by atoms with Gasteiger partial charge >= 0.3 is 0 Å². The number of anilines is 2. The third-order valence-electron chi connectivity index (χ3n) is 5.18. The predicted octanol–water partition coefficient (Wildman–Crippen LogP) is 2.44. The maximum absolute atomic E-state index is 12.8. The highest BCUT2D eigenvalue weighted by atomic mass is 32.2. The summed E-state index contributed by atoms with van der Waals surface area (Å²) in [5.41, 5.74) is 1.88. The quantitative estimate of drug-likeness (QED) is 0.784. The number of piperidine rings is 1. The summed E-state index contributed by atoms with van der Waals surface area (Å²) < 4.78 is 28.6. The van der Waals surface area contributed by atoms with Crippen LogP contribution in [0.2, 0.25) is 0 Å². The Morgan fingerprint density at radius 3 is 2.40 bits per heavy atom. The largest absolute Gasteiger partial charge is 0.355 e. The molecule has 2 aliphatic heterocycles. The first-order chi connectivity index (χ1) is 14.3. The van der Waals surface area contributed by atoms with Crippen molar-refractivity contribution in [2.45, 2.75) is 24.7 Å². The van der Waals surface area contributed by atoms with Gasteiger partial charge in [-0.2, -0.15) is 8.42 Å². The summed E-state index contributed by atoms with van der Waals surface area (Å²) in [5.74, 6) is -0.149. The molecule has 156 valence electrons. The Labute approximate surface area is 175 Å². The van der Waals surface area contributed by atoms with Gasteiger partial charge in [0.25, 0.3) is 10.0 Å². The van der Waals surface area contributed by atoms with Gasteiger partial charge in [0.1, 0.15) is 4.90 Å². The second-order valence-electron chi connectivity index (χ2n) is 7.42. The van der Waals surface area contributed by atoms with Crippen molar-refractivity contribution in [2.24, 2.45) is 10.3 Å². The maximum atomic E-state index is 12.8. The van der Waals surface area contributed by atoms with Gasteiger partial charge in [-0.15, -0.1) is 4.40 Å². The van der Waals surface area contributed by atoms with Gasteiger partial charge < -0.3 is 15.5 Å². The lowest BCUT2D eigenvalue weighted by molar-refractivity contribution is -0.121. The number of likely N-dealkylation sites (tertiary alicyclic amines) is 1. The number of rotatable bonds is 3. The number of amides is 2. The maximum Gasteiger partial charge on any atom is 0.285 e. The van der Waals surface area contributed by atoms with E-state index >= 15 is 0 Å². The van der Waals surface area contributed by atoms with E-state index < -0.39 is 10.0 Å². The topological polar surface area (TPSA) is 108 Å². The summed E-state index contributed by atoms with van der Waals surface area (Å²) in [5, 5.41) is 5.58. The summed E-state index contributed by atoms with van der Waals surface area (Å²) in [6.07, 6.45) is 1.48. The van der Waals surface area contributed by atoms with Crippen LogP contribution in [0.25, 0.3) is 0 Å². The number of carbonyl (C=O) groups excluding carboxylic acids is 2. The molecule has 8 nitrogen and oxygen atoms in total. The molecule has 1 atom stereocenters. The Kier molecular flexibility index (Phi) is 5.29. The fourth-order valence-corrected chi connectivity index (χ4v) is 5.01. The molecule has 2 aliphatic rings. The van der Waals surface area contributed by atoms with Gasteiger partial charge in [0.2, 0.25) is 11.8 Å². The zero-order valence-corrected chi connectivity index (χ0v) is 17.3. The monoisotopic (exact) mass is 426 g/mol. The molecule has 2 heterocycles. The number of hydrogen-bond acceptors (Lipinski definition) is 5. The SMILES string of the molecule is CC(=O)Nc1ccc(NC(=O)C2CCCN(C3=NS(=O)(=O)c4ccccc43)C2)cc1. The van der Waals surface area contributed by atoms with Crippen LogP contribution in [0.15, 0.2) is 57.8 Å². The fourth-order valence-electron chi connectivity index (χ4n) is 3.78. The standard InChI is InChI=1S/C21H22N4O4S/c1-14(26)22-16-8-10-17(11-9-16)23-21(27)15-5-4-12-25(13-15)20-18-6-2-3-7-19(18)30(28,29)24-20/h2-3,6-11,15H,4-5,12-13H2,1H3,(H,22,26)(H,23,27). The molecule has 0 bridgehead atoms. The highest BCUT2D eigenvalue weighted by Gasteiger charge is 2.35. The van der Waals surface area contributed by atoms with E-state index in [0.717, 1.165) is 6.42 Å². The van der Waals surface area contributed by atoms with Crippen LogP contribution in [0.3, 0.4) is 0 Å². The molecule has 0 radical (unpaired) electrons. The van der Waals surface area contributed by atoms with Crippen LogP contribution in [0.1, 0.15) is 25.3 Å². The molecule has 2 aromatic carbocycles. The summed E-state index contributed by atoms with van der Waals surface area (Å²) in [7, 11) is -3.69. The molecule has 2 amide bonds. The average molecular weight is 426 g/mol. The van der Waals surface area contributed by atoms with Crippen LogP contribution in [0.5, 0.6) is 0 Å². The van der Waals surface area contributed by atoms with Gasteiger partial charge in [-0.3, -0.25) is 9.59 Å². The fraction of sp³-hybridized carbons (Fsp3) is 0.286. The van der Waals surface area contributed by atoms with Gasteiger partial charge in [0.05, 0.1) is 5.92 Å². The molecule has 0 aliphatic carbocycles. The lowest BCUT2D eigenvalue weighted by atomic mass is 9.96. The van der Waals surface area contributed by atoms with Crippen LogP contribution < -0.4 is 10.6 Å². The molecule has 9 heteroatoms. The Bertz CT molecular complexity index is 1130. The molecule has 30 heavy (non-hydrogen) atoms. The van der Waals surface area contributed by atoms with Gasteiger partial charge in [0.15, 0.2) is 5.84 Å². The molecule has 0 spiro atoms. The van der Waals surface area contributed by atoms with Gasteiger partial charge in [0, 0.05) is 37.0 Å². The minimum atomic E-state index is -3.69. The Balaban J connectivity index is 1.46. The third-order valence-corrected chi connectivity index (χ3v) is 6.50. The van der Waals surface area contributed by atoms with Crippen LogP contribution in [0, 0.1) is 5.92 Å². The first-order valence-electron chi connectivity index (χ1n) is 9.71. The number of amidine groups is 1. The number of fused-ring (bicyclic) bond motifs is 1. The summed E-state index contributed by atoms with van der Waals surface area (Å²) in [6, 6.07) is 13.7. The molecule has 1 saturated heterocycles. The highest BCUT2D eigenvalue weighted by molar-refractivity contribution is 7.90. The zero-order chi connectivity index (χ0) is 21.3. The minimum Gasteiger partial charge on any atom is -0.355 e.